The van der Waals surface area contributed by atoms with Gasteiger partial charge in [0.25, 0.3) is 11.8 Å². The van der Waals surface area contributed by atoms with Gasteiger partial charge in [-0.3, -0.25) is 25.8 Å². The zero-order chi connectivity index (χ0) is 21.1. The second-order valence-electron chi connectivity index (χ2n) is 6.27. The van der Waals surface area contributed by atoms with E-state index < -0.39 is 11.8 Å². The van der Waals surface area contributed by atoms with Gasteiger partial charge in [0.15, 0.2) is 5.11 Å². The van der Waals surface area contributed by atoms with Gasteiger partial charge >= 0.3 is 0 Å². The summed E-state index contributed by atoms with van der Waals surface area (Å²) in [6.45, 7) is 2.69. The molecule has 2 aromatic carbocycles. The summed E-state index contributed by atoms with van der Waals surface area (Å²) in [5, 5.41) is 3.03. The minimum Gasteiger partial charge on any atom is -0.493 e. The number of para-hydroxylation sites is 1. The number of thiocarbonyl (C=S) groups is 1. The minimum atomic E-state index is -0.424. The van der Waals surface area contributed by atoms with E-state index in [1.807, 2.05) is 0 Å². The lowest BCUT2D eigenvalue weighted by molar-refractivity contribution is 0.0933. The lowest BCUT2D eigenvalue weighted by Crippen LogP contribution is -2.48. The van der Waals surface area contributed by atoms with Crippen LogP contribution >= 0.6 is 23.8 Å². The zero-order valence-corrected chi connectivity index (χ0v) is 17.7. The van der Waals surface area contributed by atoms with Gasteiger partial charge in [0.2, 0.25) is 0 Å². The van der Waals surface area contributed by atoms with Crippen molar-refractivity contribution in [3.05, 3.63) is 64.7 Å². The van der Waals surface area contributed by atoms with Gasteiger partial charge < -0.3 is 4.74 Å². The number of unbranched alkanes of at least 4 members (excludes halogenated alkanes) is 3. The molecule has 154 valence electrons. The third-order valence-electron chi connectivity index (χ3n) is 4.01. The molecule has 0 saturated carbocycles. The molecule has 0 aromatic heterocycles. The predicted octanol–water partition coefficient (Wildman–Crippen LogP) is 4.25. The van der Waals surface area contributed by atoms with E-state index in [2.05, 4.69) is 23.1 Å². The van der Waals surface area contributed by atoms with Crippen LogP contribution in [0.5, 0.6) is 5.75 Å². The van der Waals surface area contributed by atoms with Gasteiger partial charge in [-0.15, -0.1) is 0 Å². The van der Waals surface area contributed by atoms with Gasteiger partial charge in [-0.1, -0.05) is 49.9 Å². The number of hydrogen-bond acceptors (Lipinski definition) is 4. The molecule has 0 atom stereocenters. The van der Waals surface area contributed by atoms with E-state index >= 15 is 0 Å². The Morgan fingerprint density at radius 1 is 0.966 bits per heavy atom. The van der Waals surface area contributed by atoms with E-state index in [9.17, 15) is 9.59 Å². The van der Waals surface area contributed by atoms with Crippen molar-refractivity contribution in [2.45, 2.75) is 32.6 Å². The molecule has 0 spiro atoms. The fourth-order valence-corrected chi connectivity index (χ4v) is 2.75. The summed E-state index contributed by atoms with van der Waals surface area (Å²) < 4.78 is 5.75. The zero-order valence-electron chi connectivity index (χ0n) is 16.2. The van der Waals surface area contributed by atoms with Crippen LogP contribution in [0.1, 0.15) is 53.3 Å². The molecule has 2 amide bonds. The van der Waals surface area contributed by atoms with E-state index in [-0.39, 0.29) is 5.11 Å². The maximum Gasteiger partial charge on any atom is 0.269 e. The third kappa shape index (κ3) is 7.71. The molecule has 2 rings (SSSR count). The fourth-order valence-electron chi connectivity index (χ4n) is 2.48. The molecular weight excluding hydrogens is 410 g/mol. The lowest BCUT2D eigenvalue weighted by Gasteiger charge is -2.13. The van der Waals surface area contributed by atoms with Crippen molar-refractivity contribution in [1.82, 2.24) is 16.2 Å². The van der Waals surface area contributed by atoms with E-state index in [0.29, 0.717) is 28.5 Å². The van der Waals surface area contributed by atoms with Crippen LogP contribution in [0.4, 0.5) is 0 Å². The average molecular weight is 434 g/mol. The number of nitrogens with one attached hydrogen (secondary N) is 3. The molecule has 0 heterocycles. The number of benzene rings is 2. The highest BCUT2D eigenvalue weighted by Crippen LogP contribution is 2.18. The molecule has 0 saturated heterocycles. The number of ether oxygens (including phenoxy) is 1. The first-order valence-electron chi connectivity index (χ1n) is 9.40. The normalized spacial score (nSPS) is 10.1. The fraction of sp³-hybridized carbons (Fsp3) is 0.286. The maximum atomic E-state index is 12.5. The van der Waals surface area contributed by atoms with Crippen molar-refractivity contribution < 1.29 is 14.3 Å². The van der Waals surface area contributed by atoms with Gasteiger partial charge in [-0.25, -0.2) is 0 Å². The van der Waals surface area contributed by atoms with Crippen LogP contribution in [0, 0.1) is 0 Å². The van der Waals surface area contributed by atoms with Gasteiger partial charge in [0.05, 0.1) is 12.2 Å². The van der Waals surface area contributed by atoms with Crippen LogP contribution in [0.2, 0.25) is 5.02 Å². The molecule has 8 heteroatoms. The maximum absolute atomic E-state index is 12.5. The summed E-state index contributed by atoms with van der Waals surface area (Å²) in [6, 6.07) is 13.3. The van der Waals surface area contributed by atoms with Crippen molar-refractivity contribution in [3.8, 4) is 5.75 Å². The summed E-state index contributed by atoms with van der Waals surface area (Å²) in [5.41, 5.74) is 5.70. The van der Waals surface area contributed by atoms with E-state index in [1.165, 1.54) is 0 Å². The molecule has 0 aliphatic heterocycles. The summed E-state index contributed by atoms with van der Waals surface area (Å²) in [7, 11) is 0. The lowest BCUT2D eigenvalue weighted by atomic mass is 10.2. The smallest absolute Gasteiger partial charge is 0.269 e. The number of carbonyl (C=O) groups excluding carboxylic acids is 2. The number of amides is 2. The summed E-state index contributed by atoms with van der Waals surface area (Å²) in [5.74, 6) is -0.337. The van der Waals surface area contributed by atoms with Gasteiger partial charge in [-0.2, -0.15) is 0 Å². The SMILES string of the molecule is CCCCCCOc1ccccc1C(=O)NC(=S)NNC(=O)c1ccc(Cl)cc1. The molecule has 29 heavy (non-hydrogen) atoms. The highest BCUT2D eigenvalue weighted by molar-refractivity contribution is 7.80. The van der Waals surface area contributed by atoms with Crippen LogP contribution in [-0.2, 0) is 0 Å². The molecule has 0 fully saturated rings. The Morgan fingerprint density at radius 2 is 1.69 bits per heavy atom. The van der Waals surface area contributed by atoms with Gasteiger partial charge in [0, 0.05) is 10.6 Å². The standard InChI is InChI=1S/C21H24ClN3O3S/c1-2-3-4-7-14-28-18-9-6-5-8-17(18)20(27)23-21(29)25-24-19(26)15-10-12-16(22)13-11-15/h5-6,8-13H,2-4,7,14H2,1H3,(H,24,26)(H2,23,25,27,29). The number of hydrogen-bond donors (Lipinski definition) is 3. The van der Waals surface area contributed by atoms with Gasteiger partial charge in [0.1, 0.15) is 5.75 Å². The van der Waals surface area contributed by atoms with Crippen molar-refractivity contribution in [2.75, 3.05) is 6.61 Å². The monoisotopic (exact) mass is 433 g/mol. The van der Waals surface area contributed by atoms with Crippen LogP contribution in [0.3, 0.4) is 0 Å². The molecule has 2 aromatic rings. The number of rotatable bonds is 8. The van der Waals surface area contributed by atoms with Crippen LogP contribution in [0.15, 0.2) is 48.5 Å². The quantitative estimate of drug-likeness (QED) is 0.329. The summed E-state index contributed by atoms with van der Waals surface area (Å²) >= 11 is 10.9. The second-order valence-corrected chi connectivity index (χ2v) is 7.12. The van der Waals surface area contributed by atoms with Crippen LogP contribution in [0.25, 0.3) is 0 Å². The second kappa shape index (κ2) is 12.0. The first-order valence-corrected chi connectivity index (χ1v) is 10.2. The molecular formula is C21H24ClN3O3S. The Hall–Kier alpha value is -2.64. The van der Waals surface area contributed by atoms with Crippen molar-refractivity contribution in [1.29, 1.82) is 0 Å². The Bertz CT molecular complexity index is 843. The highest BCUT2D eigenvalue weighted by atomic mass is 35.5. The molecule has 3 N–H and O–H groups in total. The highest BCUT2D eigenvalue weighted by Gasteiger charge is 2.14. The molecule has 0 bridgehead atoms. The van der Waals surface area contributed by atoms with Crippen LogP contribution in [-0.4, -0.2) is 23.5 Å². The molecule has 0 radical (unpaired) electrons. The Kier molecular flexibility index (Phi) is 9.40. The Morgan fingerprint density at radius 3 is 2.41 bits per heavy atom. The predicted molar refractivity (Wildman–Crippen MR) is 118 cm³/mol. The van der Waals surface area contributed by atoms with E-state index in [1.54, 1.807) is 48.5 Å². The summed E-state index contributed by atoms with van der Waals surface area (Å²) in [6.07, 6.45) is 4.33. The first kappa shape index (κ1) is 22.6. The summed E-state index contributed by atoms with van der Waals surface area (Å²) in [4.78, 5) is 24.6. The minimum absolute atomic E-state index is 0.0323. The molecule has 6 nitrogen and oxygen atoms in total. The van der Waals surface area contributed by atoms with E-state index in [0.717, 1.165) is 25.7 Å². The first-order chi connectivity index (χ1) is 14.0. The van der Waals surface area contributed by atoms with E-state index in [4.69, 9.17) is 28.6 Å². The third-order valence-corrected chi connectivity index (χ3v) is 4.47. The van der Waals surface area contributed by atoms with Crippen LogP contribution < -0.4 is 20.9 Å². The van der Waals surface area contributed by atoms with Gasteiger partial charge in [-0.05, 0) is 55.0 Å². The number of hydrazine groups is 1. The van der Waals surface area contributed by atoms with Crippen molar-refractivity contribution in [3.63, 3.8) is 0 Å². The Labute approximate surface area is 180 Å². The molecule has 0 unspecified atom stereocenters. The molecule has 0 aliphatic rings. The topological polar surface area (TPSA) is 79.5 Å². The average Bonchev–Trinajstić information content (AvgIpc) is 2.72. The van der Waals surface area contributed by atoms with Crippen molar-refractivity contribution >= 4 is 40.7 Å². The number of halogens is 1. The molecule has 0 aliphatic carbocycles. The Balaban J connectivity index is 1.85. The van der Waals surface area contributed by atoms with Crippen molar-refractivity contribution in [2.24, 2.45) is 0 Å². The largest absolute Gasteiger partial charge is 0.493 e. The number of carbonyl (C=O) groups is 2.